The molecule has 2 rings (SSSR count). The van der Waals surface area contributed by atoms with E-state index in [1.165, 1.54) is 17.0 Å². The molecule has 1 aromatic heterocycles. The minimum atomic E-state index is -0.619. The van der Waals surface area contributed by atoms with E-state index >= 15 is 0 Å². The molecular weight excluding hydrogens is 323 g/mol. The standard InChI is InChI=1S/C19H23FN2O3/c1-19(2,3)25-18(24)22(7-8-23)13-14-9-16(12-21-11-14)15-5-4-6-17(20)10-15/h4-6,9-12,23H,7-8,13H2,1-3H3. The van der Waals surface area contributed by atoms with Crippen LogP contribution in [-0.2, 0) is 11.3 Å². The van der Waals surface area contributed by atoms with Gasteiger partial charge >= 0.3 is 6.09 Å². The first-order valence-electron chi connectivity index (χ1n) is 8.07. The summed E-state index contributed by atoms with van der Waals surface area (Å²) < 4.78 is 18.8. The monoisotopic (exact) mass is 346 g/mol. The Balaban J connectivity index is 2.19. The van der Waals surface area contributed by atoms with Crippen LogP contribution in [0.2, 0.25) is 0 Å². The van der Waals surface area contributed by atoms with E-state index in [1.54, 1.807) is 45.3 Å². The van der Waals surface area contributed by atoms with Crippen molar-refractivity contribution in [1.82, 2.24) is 9.88 Å². The Bertz CT molecular complexity index is 729. The van der Waals surface area contributed by atoms with Gasteiger partial charge in [-0.25, -0.2) is 9.18 Å². The number of ether oxygens (including phenoxy) is 1. The quantitative estimate of drug-likeness (QED) is 0.898. The second-order valence-corrected chi connectivity index (χ2v) is 6.72. The Morgan fingerprint density at radius 2 is 2.00 bits per heavy atom. The lowest BCUT2D eigenvalue weighted by atomic mass is 10.1. The molecule has 1 N–H and O–H groups in total. The van der Waals surface area contributed by atoms with Crippen molar-refractivity contribution in [2.45, 2.75) is 32.9 Å². The minimum absolute atomic E-state index is 0.152. The van der Waals surface area contributed by atoms with Gasteiger partial charge in [0, 0.05) is 24.5 Å². The van der Waals surface area contributed by atoms with E-state index in [4.69, 9.17) is 4.74 Å². The van der Waals surface area contributed by atoms with Crippen LogP contribution >= 0.6 is 0 Å². The fourth-order valence-corrected chi connectivity index (χ4v) is 2.30. The maximum atomic E-state index is 13.4. The predicted octanol–water partition coefficient (Wildman–Crippen LogP) is 3.62. The molecule has 134 valence electrons. The van der Waals surface area contributed by atoms with Gasteiger partial charge in [0.2, 0.25) is 0 Å². The molecule has 6 heteroatoms. The van der Waals surface area contributed by atoms with Crippen molar-refractivity contribution in [3.05, 3.63) is 54.1 Å². The van der Waals surface area contributed by atoms with Crippen molar-refractivity contribution < 1.29 is 19.0 Å². The highest BCUT2D eigenvalue weighted by Crippen LogP contribution is 2.21. The van der Waals surface area contributed by atoms with E-state index in [0.717, 1.165) is 11.1 Å². The van der Waals surface area contributed by atoms with Gasteiger partial charge in [-0.2, -0.15) is 0 Å². The number of carbonyl (C=O) groups is 1. The lowest BCUT2D eigenvalue weighted by Crippen LogP contribution is -2.38. The maximum absolute atomic E-state index is 13.4. The smallest absolute Gasteiger partial charge is 0.410 e. The number of halogens is 1. The average molecular weight is 346 g/mol. The third-order valence-corrected chi connectivity index (χ3v) is 3.35. The molecule has 1 amide bonds. The number of hydrogen-bond donors (Lipinski definition) is 1. The second-order valence-electron chi connectivity index (χ2n) is 6.72. The highest BCUT2D eigenvalue weighted by molar-refractivity contribution is 5.68. The van der Waals surface area contributed by atoms with Crippen molar-refractivity contribution in [3.8, 4) is 11.1 Å². The third kappa shape index (κ3) is 5.83. The van der Waals surface area contributed by atoms with Crippen molar-refractivity contribution in [3.63, 3.8) is 0 Å². The first-order valence-corrected chi connectivity index (χ1v) is 8.07. The topological polar surface area (TPSA) is 62.7 Å². The summed E-state index contributed by atoms with van der Waals surface area (Å²) in [7, 11) is 0. The summed E-state index contributed by atoms with van der Waals surface area (Å²) >= 11 is 0. The van der Waals surface area contributed by atoms with Gasteiger partial charge in [-0.15, -0.1) is 0 Å². The average Bonchev–Trinajstić information content (AvgIpc) is 2.53. The Morgan fingerprint density at radius 1 is 1.24 bits per heavy atom. The van der Waals surface area contributed by atoms with Crippen LogP contribution in [-0.4, -0.2) is 39.8 Å². The molecule has 25 heavy (non-hydrogen) atoms. The summed E-state index contributed by atoms with van der Waals surface area (Å²) in [5, 5.41) is 9.22. The van der Waals surface area contributed by atoms with Gasteiger partial charge in [-0.1, -0.05) is 12.1 Å². The summed E-state index contributed by atoms with van der Waals surface area (Å²) in [6, 6.07) is 8.09. The number of pyridine rings is 1. The van der Waals surface area contributed by atoms with E-state index in [1.807, 2.05) is 6.07 Å². The second kappa shape index (κ2) is 8.07. The minimum Gasteiger partial charge on any atom is -0.444 e. The van der Waals surface area contributed by atoms with Crippen LogP contribution < -0.4 is 0 Å². The number of aliphatic hydroxyl groups excluding tert-OH is 1. The summed E-state index contributed by atoms with van der Waals surface area (Å²) in [5.41, 5.74) is 1.61. The van der Waals surface area contributed by atoms with Gasteiger partial charge in [0.05, 0.1) is 13.2 Å². The van der Waals surface area contributed by atoms with Crippen LogP contribution in [0.25, 0.3) is 11.1 Å². The van der Waals surface area contributed by atoms with E-state index in [2.05, 4.69) is 4.98 Å². The molecule has 0 unspecified atom stereocenters. The molecule has 2 aromatic rings. The summed E-state index contributed by atoms with van der Waals surface area (Å²) in [6.07, 6.45) is 2.78. The van der Waals surface area contributed by atoms with Crippen LogP contribution in [0.3, 0.4) is 0 Å². The number of aliphatic hydroxyl groups is 1. The molecule has 0 saturated heterocycles. The number of aromatic nitrogens is 1. The molecule has 0 aliphatic carbocycles. The first kappa shape index (κ1) is 18.9. The Kier molecular flexibility index (Phi) is 6.09. The number of hydrogen-bond acceptors (Lipinski definition) is 4. The summed E-state index contributed by atoms with van der Waals surface area (Å²) in [5.74, 6) is -0.321. The molecular formula is C19H23FN2O3. The summed E-state index contributed by atoms with van der Waals surface area (Å²) in [6.45, 7) is 5.58. The number of benzene rings is 1. The molecule has 0 saturated carbocycles. The van der Waals surface area contributed by atoms with Crippen LogP contribution in [0.4, 0.5) is 9.18 Å². The van der Waals surface area contributed by atoms with E-state index in [9.17, 15) is 14.3 Å². The first-order chi connectivity index (χ1) is 11.8. The van der Waals surface area contributed by atoms with Crippen LogP contribution in [0, 0.1) is 5.82 Å². The SMILES string of the molecule is CC(C)(C)OC(=O)N(CCO)Cc1cncc(-c2cccc(F)c2)c1. The molecule has 0 bridgehead atoms. The van der Waals surface area contributed by atoms with E-state index in [-0.39, 0.29) is 25.5 Å². The normalized spacial score (nSPS) is 11.2. The number of nitrogens with zero attached hydrogens (tertiary/aromatic N) is 2. The lowest BCUT2D eigenvalue weighted by Gasteiger charge is -2.27. The van der Waals surface area contributed by atoms with E-state index in [0.29, 0.717) is 5.56 Å². The van der Waals surface area contributed by atoms with Crippen LogP contribution in [0.1, 0.15) is 26.3 Å². The van der Waals surface area contributed by atoms with Crippen molar-refractivity contribution in [2.24, 2.45) is 0 Å². The van der Waals surface area contributed by atoms with Gasteiger partial charge in [0.25, 0.3) is 0 Å². The van der Waals surface area contributed by atoms with Crippen molar-refractivity contribution in [2.75, 3.05) is 13.2 Å². The van der Waals surface area contributed by atoms with Crippen molar-refractivity contribution >= 4 is 6.09 Å². The molecule has 0 atom stereocenters. The van der Waals surface area contributed by atoms with Crippen molar-refractivity contribution in [1.29, 1.82) is 0 Å². The maximum Gasteiger partial charge on any atom is 0.410 e. The number of carbonyl (C=O) groups excluding carboxylic acids is 1. The van der Waals surface area contributed by atoms with Crippen LogP contribution in [0.5, 0.6) is 0 Å². The molecule has 0 fully saturated rings. The fraction of sp³-hybridized carbons (Fsp3) is 0.368. The Morgan fingerprint density at radius 3 is 2.64 bits per heavy atom. The highest BCUT2D eigenvalue weighted by atomic mass is 19.1. The largest absolute Gasteiger partial charge is 0.444 e. The molecule has 5 nitrogen and oxygen atoms in total. The van der Waals surface area contributed by atoms with Gasteiger partial charge in [-0.05, 0) is 50.1 Å². The zero-order valence-corrected chi connectivity index (χ0v) is 14.7. The van der Waals surface area contributed by atoms with E-state index < -0.39 is 11.7 Å². The Hall–Kier alpha value is -2.47. The summed E-state index contributed by atoms with van der Waals surface area (Å²) in [4.78, 5) is 17.9. The lowest BCUT2D eigenvalue weighted by molar-refractivity contribution is 0.0201. The van der Waals surface area contributed by atoms with Gasteiger partial charge in [-0.3, -0.25) is 4.98 Å². The predicted molar refractivity (Wildman–Crippen MR) is 93.4 cm³/mol. The van der Waals surface area contributed by atoms with Gasteiger partial charge in [0.1, 0.15) is 11.4 Å². The number of rotatable bonds is 5. The third-order valence-electron chi connectivity index (χ3n) is 3.35. The zero-order valence-electron chi connectivity index (χ0n) is 14.7. The molecule has 0 aliphatic rings. The van der Waals surface area contributed by atoms with Gasteiger partial charge in [0.15, 0.2) is 0 Å². The Labute approximate surface area is 147 Å². The zero-order chi connectivity index (χ0) is 18.4. The molecule has 0 aliphatic heterocycles. The fourth-order valence-electron chi connectivity index (χ4n) is 2.30. The van der Waals surface area contributed by atoms with Crippen LogP contribution in [0.15, 0.2) is 42.7 Å². The molecule has 1 heterocycles. The molecule has 0 spiro atoms. The molecule has 0 radical (unpaired) electrons. The molecule has 1 aromatic carbocycles. The van der Waals surface area contributed by atoms with Gasteiger partial charge < -0.3 is 14.7 Å². The highest BCUT2D eigenvalue weighted by Gasteiger charge is 2.22. The number of amides is 1.